The molecule has 0 saturated carbocycles. The average Bonchev–Trinajstić information content (AvgIpc) is 2.52. The summed E-state index contributed by atoms with van der Waals surface area (Å²) >= 11 is 0. The minimum atomic E-state index is 0.696. The van der Waals surface area contributed by atoms with E-state index in [4.69, 9.17) is 4.74 Å². The highest BCUT2D eigenvalue weighted by atomic mass is 16.5. The number of hydrogen-bond donors (Lipinski definition) is 1. The van der Waals surface area contributed by atoms with Gasteiger partial charge >= 0.3 is 0 Å². The van der Waals surface area contributed by atoms with Gasteiger partial charge in [-0.2, -0.15) is 0 Å². The van der Waals surface area contributed by atoms with Crippen LogP contribution < -0.4 is 5.32 Å². The van der Waals surface area contributed by atoms with Gasteiger partial charge in [-0.25, -0.2) is 0 Å². The van der Waals surface area contributed by atoms with Gasteiger partial charge in [0.05, 0.1) is 0 Å². The van der Waals surface area contributed by atoms with Crippen LogP contribution in [0.2, 0.25) is 0 Å². The lowest BCUT2D eigenvalue weighted by Gasteiger charge is -2.16. The van der Waals surface area contributed by atoms with E-state index in [-0.39, 0.29) is 0 Å². The summed E-state index contributed by atoms with van der Waals surface area (Å²) < 4.78 is 5.32. The van der Waals surface area contributed by atoms with Crippen LogP contribution in [0.3, 0.4) is 0 Å². The molecule has 2 unspecified atom stereocenters. The van der Waals surface area contributed by atoms with E-state index in [1.54, 1.807) is 0 Å². The molecular formula is C9H19NO. The molecule has 2 heteroatoms. The lowest BCUT2D eigenvalue weighted by Crippen LogP contribution is -2.27. The molecule has 66 valence electrons. The van der Waals surface area contributed by atoms with Crippen LogP contribution in [-0.4, -0.2) is 26.3 Å². The second-order valence-electron chi connectivity index (χ2n) is 3.36. The molecule has 0 radical (unpaired) electrons. The Morgan fingerprint density at radius 2 is 2.45 bits per heavy atom. The topological polar surface area (TPSA) is 21.3 Å². The van der Waals surface area contributed by atoms with Crippen molar-refractivity contribution in [1.29, 1.82) is 0 Å². The van der Waals surface area contributed by atoms with Crippen molar-refractivity contribution in [3.63, 3.8) is 0 Å². The van der Waals surface area contributed by atoms with Crippen LogP contribution in [0.25, 0.3) is 0 Å². The number of rotatable bonds is 4. The summed E-state index contributed by atoms with van der Waals surface area (Å²) in [4.78, 5) is 0. The third-order valence-electron chi connectivity index (χ3n) is 2.54. The summed E-state index contributed by atoms with van der Waals surface area (Å²) in [5.41, 5.74) is 0. The molecule has 1 aliphatic heterocycles. The molecule has 2 nitrogen and oxygen atoms in total. The van der Waals surface area contributed by atoms with Crippen LogP contribution in [0.15, 0.2) is 0 Å². The van der Waals surface area contributed by atoms with Gasteiger partial charge in [0.2, 0.25) is 0 Å². The maximum atomic E-state index is 5.32. The highest BCUT2D eigenvalue weighted by molar-refractivity contribution is 4.71. The number of hydrogen-bond acceptors (Lipinski definition) is 2. The minimum Gasteiger partial charge on any atom is -0.381 e. The Morgan fingerprint density at radius 3 is 2.91 bits per heavy atom. The Bertz CT molecular complexity index is 95.7. The Hall–Kier alpha value is -0.0800. The smallest absolute Gasteiger partial charge is 0.0495 e. The van der Waals surface area contributed by atoms with Crippen molar-refractivity contribution >= 4 is 0 Å². The van der Waals surface area contributed by atoms with Gasteiger partial charge in [-0.3, -0.25) is 0 Å². The second-order valence-corrected chi connectivity index (χ2v) is 3.36. The lowest BCUT2D eigenvalue weighted by atomic mass is 9.98. The zero-order chi connectivity index (χ0) is 8.10. The summed E-state index contributed by atoms with van der Waals surface area (Å²) in [6.45, 7) is 4.19. The predicted molar refractivity (Wildman–Crippen MR) is 46.7 cm³/mol. The van der Waals surface area contributed by atoms with Crippen molar-refractivity contribution in [3.05, 3.63) is 0 Å². The second kappa shape index (κ2) is 4.73. The van der Waals surface area contributed by atoms with Crippen LogP contribution in [-0.2, 0) is 4.74 Å². The van der Waals surface area contributed by atoms with E-state index in [1.807, 2.05) is 7.05 Å². The first-order valence-corrected chi connectivity index (χ1v) is 4.61. The molecule has 1 rings (SSSR count). The van der Waals surface area contributed by atoms with Gasteiger partial charge < -0.3 is 10.1 Å². The SMILES string of the molecule is CCC(CC1CCOC1)NC. The predicted octanol–water partition coefficient (Wildman–Crippen LogP) is 1.41. The Labute approximate surface area is 69.3 Å². The monoisotopic (exact) mass is 157 g/mol. The van der Waals surface area contributed by atoms with Crippen LogP contribution in [0.4, 0.5) is 0 Å². The van der Waals surface area contributed by atoms with Crippen molar-refractivity contribution in [1.82, 2.24) is 5.32 Å². The third-order valence-corrected chi connectivity index (χ3v) is 2.54. The van der Waals surface area contributed by atoms with Gasteiger partial charge in [-0.1, -0.05) is 6.92 Å². The molecule has 1 saturated heterocycles. The molecule has 0 bridgehead atoms. The lowest BCUT2D eigenvalue weighted by molar-refractivity contribution is 0.181. The molecule has 1 aliphatic rings. The maximum Gasteiger partial charge on any atom is 0.0495 e. The van der Waals surface area contributed by atoms with E-state index in [0.29, 0.717) is 6.04 Å². The summed E-state index contributed by atoms with van der Waals surface area (Å²) in [5.74, 6) is 0.812. The molecule has 11 heavy (non-hydrogen) atoms. The molecule has 0 aromatic rings. The quantitative estimate of drug-likeness (QED) is 0.666. The summed E-state index contributed by atoms with van der Waals surface area (Å²) in [7, 11) is 2.05. The maximum absolute atomic E-state index is 5.32. The molecule has 0 aliphatic carbocycles. The largest absolute Gasteiger partial charge is 0.381 e. The van der Waals surface area contributed by atoms with Crippen molar-refractivity contribution in [3.8, 4) is 0 Å². The molecule has 1 fully saturated rings. The summed E-state index contributed by atoms with van der Waals surface area (Å²) in [6, 6.07) is 0.696. The molecule has 2 atom stereocenters. The van der Waals surface area contributed by atoms with Gasteiger partial charge in [-0.05, 0) is 32.2 Å². The van der Waals surface area contributed by atoms with Gasteiger partial charge in [0.25, 0.3) is 0 Å². The van der Waals surface area contributed by atoms with E-state index < -0.39 is 0 Å². The zero-order valence-electron chi connectivity index (χ0n) is 7.60. The van der Waals surface area contributed by atoms with E-state index in [2.05, 4.69) is 12.2 Å². The van der Waals surface area contributed by atoms with Crippen LogP contribution >= 0.6 is 0 Å². The van der Waals surface area contributed by atoms with E-state index in [1.165, 1.54) is 19.3 Å². The molecular weight excluding hydrogens is 138 g/mol. The molecule has 0 aromatic heterocycles. The normalized spacial score (nSPS) is 27.3. The van der Waals surface area contributed by atoms with E-state index in [9.17, 15) is 0 Å². The fraction of sp³-hybridized carbons (Fsp3) is 1.00. The molecule has 0 amide bonds. The average molecular weight is 157 g/mol. The Kier molecular flexibility index (Phi) is 3.87. The van der Waals surface area contributed by atoms with Crippen LogP contribution in [0.1, 0.15) is 26.2 Å². The van der Waals surface area contributed by atoms with Crippen molar-refractivity contribution in [2.75, 3.05) is 20.3 Å². The van der Waals surface area contributed by atoms with Gasteiger partial charge in [0.1, 0.15) is 0 Å². The Morgan fingerprint density at radius 1 is 1.64 bits per heavy atom. The fourth-order valence-corrected chi connectivity index (χ4v) is 1.66. The summed E-state index contributed by atoms with van der Waals surface area (Å²) in [5, 5.41) is 3.32. The van der Waals surface area contributed by atoms with Crippen LogP contribution in [0.5, 0.6) is 0 Å². The van der Waals surface area contributed by atoms with Gasteiger partial charge in [0, 0.05) is 19.3 Å². The molecule has 1 heterocycles. The van der Waals surface area contributed by atoms with Gasteiger partial charge in [-0.15, -0.1) is 0 Å². The number of nitrogens with one attached hydrogen (secondary N) is 1. The van der Waals surface area contributed by atoms with Crippen molar-refractivity contribution < 1.29 is 4.74 Å². The molecule has 1 N–H and O–H groups in total. The van der Waals surface area contributed by atoms with Crippen molar-refractivity contribution in [2.45, 2.75) is 32.2 Å². The standard InChI is InChI=1S/C9H19NO/c1-3-9(10-2)6-8-4-5-11-7-8/h8-10H,3-7H2,1-2H3. The first-order valence-electron chi connectivity index (χ1n) is 4.61. The highest BCUT2D eigenvalue weighted by Crippen LogP contribution is 2.18. The number of ether oxygens (including phenoxy) is 1. The van der Waals surface area contributed by atoms with E-state index in [0.717, 1.165) is 19.1 Å². The molecule has 0 spiro atoms. The zero-order valence-corrected chi connectivity index (χ0v) is 7.60. The van der Waals surface area contributed by atoms with Crippen molar-refractivity contribution in [2.24, 2.45) is 5.92 Å². The third kappa shape index (κ3) is 2.80. The summed E-state index contributed by atoms with van der Waals surface area (Å²) in [6.07, 6.45) is 3.78. The van der Waals surface area contributed by atoms with E-state index >= 15 is 0 Å². The Balaban J connectivity index is 2.16. The first kappa shape index (κ1) is 9.01. The first-order chi connectivity index (χ1) is 5.36. The van der Waals surface area contributed by atoms with Crippen LogP contribution in [0, 0.1) is 5.92 Å². The molecule has 0 aromatic carbocycles. The fourth-order valence-electron chi connectivity index (χ4n) is 1.66. The van der Waals surface area contributed by atoms with Gasteiger partial charge in [0.15, 0.2) is 0 Å². The highest BCUT2D eigenvalue weighted by Gasteiger charge is 2.18. The minimum absolute atomic E-state index is 0.696.